The maximum absolute atomic E-state index is 13.9. The van der Waals surface area contributed by atoms with Gasteiger partial charge in [0.05, 0.1) is 46.2 Å². The Kier molecular flexibility index (Phi) is 19.0. The molecule has 0 saturated carbocycles. The Labute approximate surface area is 358 Å². The average molecular weight is 956 g/mol. The number of nitrogens with two attached hydrogens (primary N) is 1. The Balaban J connectivity index is 2.56. The number of phosphoric ester groups is 2. The van der Waals surface area contributed by atoms with Crippen molar-refractivity contribution in [1.82, 2.24) is 4.90 Å². The second-order valence-electron chi connectivity index (χ2n) is 17.6. The van der Waals surface area contributed by atoms with E-state index in [0.29, 0.717) is 6.07 Å². The predicted octanol–water partition coefficient (Wildman–Crippen LogP) is 9.40. The van der Waals surface area contributed by atoms with Crippen LogP contribution >= 0.6 is 27.4 Å². The van der Waals surface area contributed by atoms with Gasteiger partial charge in [-0.25, -0.2) is 31.1 Å². The number of halogens is 3. The van der Waals surface area contributed by atoms with Gasteiger partial charge in [-0.3, -0.25) is 32.0 Å². The molecule has 0 radical (unpaired) electrons. The highest BCUT2D eigenvalue weighted by Gasteiger charge is 2.48. The number of phosphoric acid groups is 2. The molecule has 15 nitrogen and oxygen atoms in total. The van der Waals surface area contributed by atoms with Crippen molar-refractivity contribution in [1.29, 1.82) is 0 Å². The van der Waals surface area contributed by atoms with E-state index in [9.17, 15) is 39.1 Å². The van der Waals surface area contributed by atoms with Crippen molar-refractivity contribution in [2.75, 3.05) is 43.9 Å². The van der Waals surface area contributed by atoms with E-state index < -0.39 is 84.9 Å². The van der Waals surface area contributed by atoms with Crippen LogP contribution in [0.25, 0.3) is 0 Å². The van der Waals surface area contributed by atoms with Crippen LogP contribution < -0.4 is 10.5 Å². The van der Waals surface area contributed by atoms with Gasteiger partial charge < -0.3 is 5.32 Å². The molecular weight excluding hydrogens is 894 g/mol. The molecule has 0 saturated heterocycles. The fraction of sp³-hybridized carbons (Fsp3) is 0.676. The van der Waals surface area contributed by atoms with E-state index in [0.717, 1.165) is 17.0 Å². The van der Waals surface area contributed by atoms with Crippen molar-refractivity contribution >= 4 is 53.0 Å². The Morgan fingerprint density at radius 1 is 0.700 bits per heavy atom. The lowest BCUT2D eigenvalue weighted by Crippen LogP contribution is -2.36. The standard InChI is InChI=1S/C37H62F3N3O12P2S3/c1-33(2,3)52-56(44,53-34(4,5)6)50-24-22-43(23-25-51-57(45,54-35(7,8)9)55-36(10,11)12)21-20-28(27-58-29-16-14-13-15-17-29)42-31-19-18-30(60(41,48)49)26-32(31)59(46,47)37(38,39)40/h13-19,26,28,42H,20-25,27H2,1-12H3,(H2,41,48,49). The maximum Gasteiger partial charge on any atom is 0.501 e. The largest absolute Gasteiger partial charge is 0.501 e. The number of benzene rings is 2. The number of sulfone groups is 1. The molecule has 0 aliphatic carbocycles. The lowest BCUT2D eigenvalue weighted by atomic mass is 10.2. The van der Waals surface area contributed by atoms with E-state index in [-0.39, 0.29) is 45.0 Å². The van der Waals surface area contributed by atoms with Gasteiger partial charge in [0.15, 0.2) is 0 Å². The summed E-state index contributed by atoms with van der Waals surface area (Å²) in [4.78, 5) is 0.425. The predicted molar refractivity (Wildman–Crippen MR) is 227 cm³/mol. The molecule has 0 fully saturated rings. The molecule has 0 aromatic heterocycles. The van der Waals surface area contributed by atoms with E-state index in [1.165, 1.54) is 11.8 Å². The molecule has 23 heteroatoms. The summed E-state index contributed by atoms with van der Waals surface area (Å²) in [5, 5.41) is 8.06. The number of primary sulfonamides is 1. The number of thioether (sulfide) groups is 1. The number of hydrogen-bond donors (Lipinski definition) is 2. The highest BCUT2D eigenvalue weighted by Crippen LogP contribution is 2.56. The highest BCUT2D eigenvalue weighted by molar-refractivity contribution is 7.99. The van der Waals surface area contributed by atoms with E-state index in [2.05, 4.69) is 5.32 Å². The lowest BCUT2D eigenvalue weighted by Gasteiger charge is -2.32. The van der Waals surface area contributed by atoms with Crippen molar-refractivity contribution in [3.05, 3.63) is 48.5 Å². The number of alkyl halides is 3. The number of anilines is 1. The van der Waals surface area contributed by atoms with Crippen LogP contribution in [0.5, 0.6) is 0 Å². The average Bonchev–Trinajstić information content (AvgIpc) is 3.01. The molecule has 3 N–H and O–H groups in total. The number of hydrogen-bond acceptors (Lipinski definition) is 15. The van der Waals surface area contributed by atoms with Crippen LogP contribution in [0.15, 0.2) is 63.2 Å². The van der Waals surface area contributed by atoms with Gasteiger partial charge in [-0.05, 0) is 120 Å². The third-order valence-electron chi connectivity index (χ3n) is 7.08. The van der Waals surface area contributed by atoms with E-state index in [1.807, 2.05) is 12.1 Å². The van der Waals surface area contributed by atoms with E-state index >= 15 is 0 Å². The Morgan fingerprint density at radius 2 is 1.13 bits per heavy atom. The van der Waals surface area contributed by atoms with Crippen LogP contribution in [-0.2, 0) is 56.1 Å². The number of nitrogens with zero attached hydrogens (tertiary/aromatic N) is 1. The van der Waals surface area contributed by atoms with Crippen LogP contribution in [0, 0.1) is 0 Å². The molecule has 2 aromatic rings. The number of rotatable bonds is 22. The molecule has 0 heterocycles. The summed E-state index contributed by atoms with van der Waals surface area (Å²) < 4.78 is 154. The first-order chi connectivity index (χ1) is 26.9. The Hall–Kier alpha value is -1.58. The van der Waals surface area contributed by atoms with E-state index in [4.69, 9.17) is 32.3 Å². The van der Waals surface area contributed by atoms with Crippen LogP contribution in [-0.4, -0.2) is 94.3 Å². The molecule has 0 amide bonds. The second kappa shape index (κ2) is 20.9. The molecule has 1 atom stereocenters. The second-order valence-corrected chi connectivity index (χ2v) is 25.2. The summed E-state index contributed by atoms with van der Waals surface area (Å²) in [6.45, 7) is 20.0. The monoisotopic (exact) mass is 955 g/mol. The lowest BCUT2D eigenvalue weighted by molar-refractivity contribution is -0.0436. The minimum absolute atomic E-state index is 0.0498. The summed E-state index contributed by atoms with van der Waals surface area (Å²) in [5.74, 6) is 0.190. The van der Waals surface area contributed by atoms with Crippen molar-refractivity contribution < 1.29 is 66.3 Å². The third kappa shape index (κ3) is 20.3. The first-order valence-electron chi connectivity index (χ1n) is 18.9. The van der Waals surface area contributed by atoms with Crippen molar-refractivity contribution in [3.8, 4) is 0 Å². The Bertz CT molecular complexity index is 1920. The summed E-state index contributed by atoms with van der Waals surface area (Å²) in [6.07, 6.45) is 0.131. The zero-order valence-electron chi connectivity index (χ0n) is 36.3. The first-order valence-corrected chi connectivity index (χ1v) is 25.8. The summed E-state index contributed by atoms with van der Waals surface area (Å²) in [7, 11) is -19.0. The molecule has 60 heavy (non-hydrogen) atoms. The third-order valence-corrected chi connectivity index (χ3v) is 14.8. The highest BCUT2D eigenvalue weighted by atomic mass is 32.2. The molecule has 0 bridgehead atoms. The molecule has 0 aliphatic heterocycles. The van der Waals surface area contributed by atoms with Crippen molar-refractivity contribution in [2.45, 2.75) is 138 Å². The summed E-state index contributed by atoms with van der Waals surface area (Å²) in [5.41, 5.74) is -9.96. The smallest absolute Gasteiger partial charge is 0.380 e. The van der Waals surface area contributed by atoms with Gasteiger partial charge in [-0.2, -0.15) is 13.2 Å². The van der Waals surface area contributed by atoms with Gasteiger partial charge in [0.2, 0.25) is 10.0 Å². The van der Waals surface area contributed by atoms with Gasteiger partial charge in [0, 0.05) is 36.3 Å². The topological polar surface area (TPSA) is 199 Å². The van der Waals surface area contributed by atoms with Crippen LogP contribution in [0.3, 0.4) is 0 Å². The van der Waals surface area contributed by atoms with Crippen LogP contribution in [0.1, 0.15) is 89.5 Å². The summed E-state index contributed by atoms with van der Waals surface area (Å²) >= 11 is 1.33. The molecular formula is C37H62F3N3O12P2S3. The molecule has 2 aromatic carbocycles. The van der Waals surface area contributed by atoms with Crippen molar-refractivity contribution in [2.24, 2.45) is 5.14 Å². The van der Waals surface area contributed by atoms with E-state index in [1.54, 1.807) is 106 Å². The quantitative estimate of drug-likeness (QED) is 0.0835. The van der Waals surface area contributed by atoms with Gasteiger partial charge >= 0.3 is 21.2 Å². The minimum atomic E-state index is -6.07. The zero-order chi connectivity index (χ0) is 46.2. The number of nitrogens with one attached hydrogen (secondary N) is 1. The summed E-state index contributed by atoms with van der Waals surface area (Å²) in [6, 6.07) is 10.5. The molecule has 0 aliphatic rings. The SMILES string of the molecule is CC(C)(C)OP(=O)(OCCN(CCOP(=O)(OC(C)(C)C)OC(C)(C)C)CCC(CSc1ccccc1)Nc1ccc(S(N)(=O)=O)cc1S(=O)(=O)C(F)(F)F)OC(C)(C)C. The van der Waals surface area contributed by atoms with Gasteiger partial charge in [0.25, 0.3) is 9.84 Å². The van der Waals surface area contributed by atoms with Gasteiger partial charge in [0.1, 0.15) is 4.90 Å². The molecule has 0 spiro atoms. The van der Waals surface area contributed by atoms with Crippen LogP contribution in [0.4, 0.5) is 18.9 Å². The minimum Gasteiger partial charge on any atom is -0.380 e. The van der Waals surface area contributed by atoms with Crippen molar-refractivity contribution in [3.63, 3.8) is 0 Å². The van der Waals surface area contributed by atoms with Gasteiger partial charge in [-0.1, -0.05) is 18.2 Å². The normalized spacial score (nSPS) is 14.8. The maximum atomic E-state index is 13.9. The number of sulfonamides is 1. The fourth-order valence-electron chi connectivity index (χ4n) is 5.00. The Morgan fingerprint density at radius 3 is 1.52 bits per heavy atom. The molecule has 2 rings (SSSR count). The molecule has 1 unspecified atom stereocenters. The fourth-order valence-corrected chi connectivity index (χ4v) is 11.1. The first kappa shape index (κ1) is 54.6. The zero-order valence-corrected chi connectivity index (χ0v) is 40.6. The molecule has 346 valence electrons. The van der Waals surface area contributed by atoms with Gasteiger partial charge in [-0.15, -0.1) is 11.8 Å². The van der Waals surface area contributed by atoms with Crippen LogP contribution in [0.2, 0.25) is 0 Å².